The molecule has 2 atom stereocenters. The summed E-state index contributed by atoms with van der Waals surface area (Å²) in [5.41, 5.74) is 2.72. The Morgan fingerprint density at radius 2 is 1.63 bits per heavy atom. The van der Waals surface area contributed by atoms with E-state index in [1.165, 1.54) is 12.1 Å². The monoisotopic (exact) mass is 812 g/mol. The molecule has 2 fully saturated rings. The number of fused-ring (bicyclic) bond motifs is 1. The molecule has 2 aromatic heterocycles. The number of carbonyl (C=O) groups is 2. The van der Waals surface area contributed by atoms with Gasteiger partial charge in [-0.05, 0) is 92.9 Å². The molecule has 0 aliphatic carbocycles. The molecule has 2 saturated heterocycles. The number of Topliss-reactive ketones (excluding diaryl/α,β-unsaturated/α-hetero) is 2. The van der Waals surface area contributed by atoms with Crippen LogP contribution in [0.1, 0.15) is 48.2 Å². The van der Waals surface area contributed by atoms with Crippen LogP contribution in [-0.2, 0) is 25.4 Å². The number of pyridine rings is 1. The molecule has 310 valence electrons. The van der Waals surface area contributed by atoms with Gasteiger partial charge in [0.1, 0.15) is 29.8 Å². The molecule has 1 N–H and O–H groups in total. The summed E-state index contributed by atoms with van der Waals surface area (Å²) in [6.07, 6.45) is 0.575. The first kappa shape index (κ1) is 41.5. The average molecular weight is 813 g/mol. The average Bonchev–Trinajstić information content (AvgIpc) is 3.23. The summed E-state index contributed by atoms with van der Waals surface area (Å²) < 4.78 is 66.0. The lowest BCUT2D eigenvalue weighted by atomic mass is 10.0. The van der Waals surface area contributed by atoms with Crippen molar-refractivity contribution in [3.63, 3.8) is 0 Å². The first-order valence-electron chi connectivity index (χ1n) is 19.7. The summed E-state index contributed by atoms with van der Waals surface area (Å²) >= 11 is 0. The van der Waals surface area contributed by atoms with Crippen molar-refractivity contribution >= 4 is 45.7 Å². The van der Waals surface area contributed by atoms with Gasteiger partial charge in [-0.3, -0.25) is 9.59 Å². The first-order chi connectivity index (χ1) is 28.5. The normalized spacial score (nSPS) is 17.0. The minimum atomic E-state index is -1.32. The quantitative estimate of drug-likeness (QED) is 0.0836. The molecule has 0 unspecified atom stereocenters. The van der Waals surface area contributed by atoms with Gasteiger partial charge in [0.15, 0.2) is 23.1 Å². The van der Waals surface area contributed by atoms with E-state index in [1.807, 2.05) is 30.3 Å². The lowest BCUT2D eigenvalue weighted by Crippen LogP contribution is -2.46. The third-order valence-corrected chi connectivity index (χ3v) is 10.6. The van der Waals surface area contributed by atoms with E-state index in [0.717, 1.165) is 34.5 Å². The second-order valence-electron chi connectivity index (χ2n) is 14.8. The number of hydrogen-bond acceptors (Lipinski definition) is 12. The van der Waals surface area contributed by atoms with Crippen molar-refractivity contribution < 1.29 is 41.7 Å². The Kier molecular flexibility index (Phi) is 13.0. The van der Waals surface area contributed by atoms with Gasteiger partial charge in [0.05, 0.1) is 74.7 Å². The topological polar surface area (TPSA) is 128 Å². The van der Waals surface area contributed by atoms with Crippen LogP contribution in [0.5, 0.6) is 5.75 Å². The molecule has 0 amide bonds. The van der Waals surface area contributed by atoms with Gasteiger partial charge in [0.25, 0.3) is 0 Å². The zero-order valence-corrected chi connectivity index (χ0v) is 33.5. The number of ether oxygens (including phenoxy) is 4. The highest BCUT2D eigenvalue weighted by Crippen LogP contribution is 2.33. The second-order valence-corrected chi connectivity index (χ2v) is 14.8. The van der Waals surface area contributed by atoms with Crippen LogP contribution in [0.25, 0.3) is 22.3 Å². The van der Waals surface area contributed by atoms with Crippen LogP contribution in [0.15, 0.2) is 60.7 Å². The number of halogens is 3. The highest BCUT2D eigenvalue weighted by molar-refractivity contribution is 6.03. The standard InChI is InChI=1S/C44H47F3N6O6/c1-26-5-12-37(35(46)21-26)48-41-32(9-11-34(45)40(41)47)38(55)25-57-18-15-31(54)8-6-30-22-29(7-14-39(30)56-4)36-13-10-33-42(49-36)50-44(53-17-20-59-24-28(53)3)51-43(33)52-16-19-58-23-27(52)2/h5,7,9-14,21-22,27-28,48H,6,8,15-20,23-25H2,1-4H3/t27-,28-/m1/s1. The largest absolute Gasteiger partial charge is 0.496 e. The summed E-state index contributed by atoms with van der Waals surface area (Å²) in [7, 11) is 1.57. The number of aromatic nitrogens is 3. The maximum Gasteiger partial charge on any atom is 0.229 e. The minimum absolute atomic E-state index is 0.0207. The Morgan fingerprint density at radius 1 is 0.864 bits per heavy atom. The number of nitrogens with zero attached hydrogens (tertiary/aromatic N) is 5. The fourth-order valence-corrected chi connectivity index (χ4v) is 7.28. The fourth-order valence-electron chi connectivity index (χ4n) is 7.28. The second kappa shape index (κ2) is 18.5. The van der Waals surface area contributed by atoms with Crippen molar-refractivity contribution in [3.8, 4) is 17.0 Å². The van der Waals surface area contributed by atoms with E-state index in [4.69, 9.17) is 33.9 Å². The Hall–Kier alpha value is -5.64. The van der Waals surface area contributed by atoms with Gasteiger partial charge in [-0.25, -0.2) is 18.2 Å². The van der Waals surface area contributed by atoms with Crippen LogP contribution in [0, 0.1) is 24.4 Å². The molecule has 12 nitrogen and oxygen atoms in total. The SMILES string of the molecule is COc1ccc(-c2ccc3c(N4CCOC[C@H]4C)nc(N4CCOC[C@H]4C)nc3n2)cc1CCC(=O)CCOCC(=O)c1ccc(F)c(F)c1Nc1ccc(C)cc1F. The van der Waals surface area contributed by atoms with Gasteiger partial charge >= 0.3 is 0 Å². The van der Waals surface area contributed by atoms with E-state index in [9.17, 15) is 22.8 Å². The molecule has 0 bridgehead atoms. The lowest BCUT2D eigenvalue weighted by molar-refractivity contribution is -0.120. The number of ketones is 2. The van der Waals surface area contributed by atoms with Gasteiger partial charge in [0.2, 0.25) is 5.95 Å². The molecule has 2 aliphatic rings. The Balaban J connectivity index is 1.01. The third-order valence-electron chi connectivity index (χ3n) is 10.6. The molecule has 7 rings (SSSR count). The third kappa shape index (κ3) is 9.48. The van der Waals surface area contributed by atoms with Crippen LogP contribution < -0.4 is 19.9 Å². The van der Waals surface area contributed by atoms with E-state index >= 15 is 0 Å². The molecule has 5 aromatic rings. The predicted octanol–water partition coefficient (Wildman–Crippen LogP) is 7.41. The fraction of sp³-hybridized carbons (Fsp3) is 0.386. The number of nitrogens with one attached hydrogen (secondary N) is 1. The van der Waals surface area contributed by atoms with E-state index in [1.54, 1.807) is 20.1 Å². The molecule has 2 aliphatic heterocycles. The zero-order valence-electron chi connectivity index (χ0n) is 33.5. The number of carbonyl (C=O) groups excluding carboxylic acids is 2. The summed E-state index contributed by atoms with van der Waals surface area (Å²) in [4.78, 5) is 45.6. The van der Waals surface area contributed by atoms with Crippen molar-refractivity contribution in [1.29, 1.82) is 0 Å². The number of methoxy groups -OCH3 is 1. The van der Waals surface area contributed by atoms with Crippen molar-refractivity contribution in [2.24, 2.45) is 0 Å². The maximum absolute atomic E-state index is 14.8. The van der Waals surface area contributed by atoms with Gasteiger partial charge in [0, 0.05) is 37.1 Å². The molecular formula is C44H47F3N6O6. The number of anilines is 4. The smallest absolute Gasteiger partial charge is 0.229 e. The van der Waals surface area contributed by atoms with Gasteiger partial charge < -0.3 is 34.1 Å². The van der Waals surface area contributed by atoms with E-state index in [-0.39, 0.29) is 48.6 Å². The number of aryl methyl sites for hydroxylation is 2. The van der Waals surface area contributed by atoms with Gasteiger partial charge in [-0.15, -0.1) is 0 Å². The van der Waals surface area contributed by atoms with E-state index in [2.05, 4.69) is 29.0 Å². The molecule has 59 heavy (non-hydrogen) atoms. The number of morpholine rings is 2. The van der Waals surface area contributed by atoms with Crippen molar-refractivity contribution in [2.75, 3.05) is 75.0 Å². The van der Waals surface area contributed by atoms with Crippen LogP contribution >= 0.6 is 0 Å². The van der Waals surface area contributed by atoms with Crippen molar-refractivity contribution in [3.05, 3.63) is 94.8 Å². The van der Waals surface area contributed by atoms with Crippen molar-refractivity contribution in [2.45, 2.75) is 52.1 Å². The molecular weight excluding hydrogens is 766 g/mol. The highest BCUT2D eigenvalue weighted by Gasteiger charge is 2.28. The van der Waals surface area contributed by atoms with Crippen LogP contribution in [-0.4, -0.2) is 98.4 Å². The highest BCUT2D eigenvalue weighted by atomic mass is 19.2. The number of rotatable bonds is 15. The Morgan fingerprint density at radius 3 is 2.36 bits per heavy atom. The Labute approximate surface area is 340 Å². The first-order valence-corrected chi connectivity index (χ1v) is 19.7. The molecule has 0 radical (unpaired) electrons. The lowest BCUT2D eigenvalue weighted by Gasteiger charge is -2.37. The van der Waals surface area contributed by atoms with E-state index in [0.29, 0.717) is 74.5 Å². The number of hydrogen-bond donors (Lipinski definition) is 1. The molecule has 0 spiro atoms. The molecule has 15 heteroatoms. The maximum atomic E-state index is 14.8. The minimum Gasteiger partial charge on any atom is -0.496 e. The molecule has 4 heterocycles. The van der Waals surface area contributed by atoms with E-state index < -0.39 is 35.5 Å². The molecule has 3 aromatic carbocycles. The summed E-state index contributed by atoms with van der Waals surface area (Å²) in [5, 5.41) is 3.35. The Bertz CT molecular complexity index is 2350. The molecule has 0 saturated carbocycles. The zero-order chi connectivity index (χ0) is 41.6. The summed E-state index contributed by atoms with van der Waals surface area (Å²) in [5.74, 6) is -1.93. The van der Waals surface area contributed by atoms with Gasteiger partial charge in [-0.1, -0.05) is 6.07 Å². The van der Waals surface area contributed by atoms with Crippen LogP contribution in [0.4, 0.5) is 36.3 Å². The van der Waals surface area contributed by atoms with Crippen LogP contribution in [0.2, 0.25) is 0 Å². The van der Waals surface area contributed by atoms with Crippen molar-refractivity contribution in [1.82, 2.24) is 15.0 Å². The summed E-state index contributed by atoms with van der Waals surface area (Å²) in [6.45, 7) is 9.08. The van der Waals surface area contributed by atoms with Gasteiger partial charge in [-0.2, -0.15) is 9.97 Å². The van der Waals surface area contributed by atoms with Crippen LogP contribution in [0.3, 0.4) is 0 Å². The predicted molar refractivity (Wildman–Crippen MR) is 218 cm³/mol. The number of benzene rings is 3. The summed E-state index contributed by atoms with van der Waals surface area (Å²) in [6, 6.07) is 16.0.